The van der Waals surface area contributed by atoms with Crippen molar-refractivity contribution in [3.63, 3.8) is 0 Å². The average Bonchev–Trinajstić information content (AvgIpc) is 2.20. The van der Waals surface area contributed by atoms with Gasteiger partial charge in [-0.15, -0.1) is 0 Å². The van der Waals surface area contributed by atoms with Gasteiger partial charge in [0, 0.05) is 5.02 Å². The van der Waals surface area contributed by atoms with E-state index in [0.717, 1.165) is 0 Å². The summed E-state index contributed by atoms with van der Waals surface area (Å²) in [5, 5.41) is 11.6. The SMILES string of the molecule is O=C(Nc1cc(Cl)ccc1O)OCC(F)F. The maximum Gasteiger partial charge on any atom is 0.411 e. The number of ether oxygens (including phenoxy) is 1. The van der Waals surface area contributed by atoms with Crippen molar-refractivity contribution in [1.82, 2.24) is 0 Å². The van der Waals surface area contributed by atoms with Crippen molar-refractivity contribution >= 4 is 23.4 Å². The highest BCUT2D eigenvalue weighted by Crippen LogP contribution is 2.26. The standard InChI is InChI=1S/C9H8ClF2NO3/c10-5-1-2-7(14)6(3-5)13-9(15)16-4-8(11)12/h1-3,8,14H,4H2,(H,13,15). The first kappa shape index (κ1) is 12.5. The molecule has 0 unspecified atom stereocenters. The van der Waals surface area contributed by atoms with E-state index in [0.29, 0.717) is 0 Å². The van der Waals surface area contributed by atoms with Gasteiger partial charge in [-0.25, -0.2) is 13.6 Å². The zero-order valence-electron chi connectivity index (χ0n) is 7.91. The number of carbonyl (C=O) groups is 1. The Morgan fingerprint density at radius 3 is 2.88 bits per heavy atom. The number of rotatable bonds is 3. The third-order valence-corrected chi connectivity index (χ3v) is 1.77. The summed E-state index contributed by atoms with van der Waals surface area (Å²) in [6, 6.07) is 3.93. The summed E-state index contributed by atoms with van der Waals surface area (Å²) in [7, 11) is 0. The third-order valence-electron chi connectivity index (χ3n) is 1.54. The van der Waals surface area contributed by atoms with Gasteiger partial charge in [0.1, 0.15) is 5.75 Å². The predicted octanol–water partition coefficient (Wildman–Crippen LogP) is 2.86. The monoisotopic (exact) mass is 251 g/mol. The Morgan fingerprint density at radius 1 is 1.56 bits per heavy atom. The number of phenolic OH excluding ortho intramolecular Hbond substituents is 1. The predicted molar refractivity (Wildman–Crippen MR) is 54.1 cm³/mol. The van der Waals surface area contributed by atoms with Gasteiger partial charge in [-0.3, -0.25) is 5.32 Å². The second kappa shape index (κ2) is 5.50. The minimum absolute atomic E-state index is 0.00762. The highest BCUT2D eigenvalue weighted by atomic mass is 35.5. The van der Waals surface area contributed by atoms with Crippen LogP contribution >= 0.6 is 11.6 Å². The summed E-state index contributed by atoms with van der Waals surface area (Å²) in [5.41, 5.74) is -0.00762. The Hall–Kier alpha value is -1.56. The fourth-order valence-electron chi connectivity index (χ4n) is 0.893. The Balaban J connectivity index is 2.59. The molecule has 0 heterocycles. The lowest BCUT2D eigenvalue weighted by Crippen LogP contribution is -2.17. The van der Waals surface area contributed by atoms with E-state index in [-0.39, 0.29) is 16.5 Å². The molecule has 0 spiro atoms. The molecule has 0 aromatic heterocycles. The number of nitrogens with one attached hydrogen (secondary N) is 1. The highest BCUT2D eigenvalue weighted by Gasteiger charge is 2.10. The van der Waals surface area contributed by atoms with Crippen molar-refractivity contribution in [2.24, 2.45) is 0 Å². The molecule has 0 atom stereocenters. The van der Waals surface area contributed by atoms with E-state index in [1.807, 2.05) is 0 Å². The van der Waals surface area contributed by atoms with Crippen LogP contribution in [0, 0.1) is 0 Å². The zero-order chi connectivity index (χ0) is 12.1. The van der Waals surface area contributed by atoms with Crippen LogP contribution in [-0.4, -0.2) is 24.2 Å². The van der Waals surface area contributed by atoms with Gasteiger partial charge >= 0.3 is 6.09 Å². The summed E-state index contributed by atoms with van der Waals surface area (Å²) < 4.78 is 27.6. The molecular formula is C9H8ClF2NO3. The molecule has 2 N–H and O–H groups in total. The lowest BCUT2D eigenvalue weighted by Gasteiger charge is -2.08. The van der Waals surface area contributed by atoms with Gasteiger partial charge in [0.25, 0.3) is 6.43 Å². The minimum Gasteiger partial charge on any atom is -0.506 e. The van der Waals surface area contributed by atoms with Crippen LogP contribution in [0.2, 0.25) is 5.02 Å². The van der Waals surface area contributed by atoms with Gasteiger partial charge in [-0.1, -0.05) is 11.6 Å². The Kier molecular flexibility index (Phi) is 4.30. The molecule has 1 aromatic rings. The Labute approximate surface area is 94.8 Å². The Morgan fingerprint density at radius 2 is 2.25 bits per heavy atom. The number of carbonyl (C=O) groups excluding carboxylic acids is 1. The van der Waals surface area contributed by atoms with Crippen LogP contribution in [0.5, 0.6) is 5.75 Å². The van der Waals surface area contributed by atoms with E-state index in [1.54, 1.807) is 0 Å². The van der Waals surface area contributed by atoms with E-state index in [1.165, 1.54) is 18.2 Å². The summed E-state index contributed by atoms with van der Waals surface area (Å²) >= 11 is 5.60. The van der Waals surface area contributed by atoms with Crippen LogP contribution in [0.15, 0.2) is 18.2 Å². The van der Waals surface area contributed by atoms with Crippen molar-refractivity contribution < 1.29 is 23.4 Å². The second-order valence-corrected chi connectivity index (χ2v) is 3.21. The molecule has 0 saturated carbocycles. The summed E-state index contributed by atoms with van der Waals surface area (Å²) in [4.78, 5) is 11.0. The summed E-state index contributed by atoms with van der Waals surface area (Å²) in [6.07, 6.45) is -3.82. The second-order valence-electron chi connectivity index (χ2n) is 2.78. The van der Waals surface area contributed by atoms with E-state index >= 15 is 0 Å². The number of benzene rings is 1. The number of halogens is 3. The molecular weight excluding hydrogens is 244 g/mol. The molecule has 0 bridgehead atoms. The van der Waals surface area contributed by atoms with Crippen LogP contribution in [-0.2, 0) is 4.74 Å². The molecule has 0 aliphatic heterocycles. The number of hydrogen-bond donors (Lipinski definition) is 2. The fraction of sp³-hybridized carbons (Fsp3) is 0.222. The van der Waals surface area contributed by atoms with Crippen molar-refractivity contribution in [2.75, 3.05) is 11.9 Å². The molecule has 16 heavy (non-hydrogen) atoms. The average molecular weight is 252 g/mol. The molecule has 88 valence electrons. The lowest BCUT2D eigenvalue weighted by molar-refractivity contribution is 0.0547. The van der Waals surface area contributed by atoms with Crippen molar-refractivity contribution in [3.8, 4) is 5.75 Å². The van der Waals surface area contributed by atoms with Gasteiger partial charge < -0.3 is 9.84 Å². The number of amides is 1. The summed E-state index contributed by atoms with van der Waals surface area (Å²) in [5.74, 6) is -0.238. The van der Waals surface area contributed by atoms with Gasteiger partial charge in [0.15, 0.2) is 6.61 Å². The topological polar surface area (TPSA) is 58.6 Å². The number of anilines is 1. The summed E-state index contributed by atoms with van der Waals surface area (Å²) in [6.45, 7) is -1.01. The van der Waals surface area contributed by atoms with Crippen LogP contribution in [0.4, 0.5) is 19.3 Å². The van der Waals surface area contributed by atoms with Crippen molar-refractivity contribution in [3.05, 3.63) is 23.2 Å². The molecule has 0 saturated heterocycles. The van der Waals surface area contributed by atoms with Crippen LogP contribution in [0.25, 0.3) is 0 Å². The Bertz CT molecular complexity index is 387. The number of phenols is 1. The number of aromatic hydroxyl groups is 1. The molecule has 0 radical (unpaired) electrons. The quantitative estimate of drug-likeness (QED) is 0.812. The van der Waals surface area contributed by atoms with Gasteiger partial charge in [-0.05, 0) is 18.2 Å². The van der Waals surface area contributed by atoms with Gasteiger partial charge in [-0.2, -0.15) is 0 Å². The lowest BCUT2D eigenvalue weighted by atomic mass is 10.3. The van der Waals surface area contributed by atoms with Crippen molar-refractivity contribution in [1.29, 1.82) is 0 Å². The van der Waals surface area contributed by atoms with E-state index < -0.39 is 19.1 Å². The molecule has 1 rings (SSSR count). The maximum atomic E-state index is 11.7. The smallest absolute Gasteiger partial charge is 0.411 e. The first-order chi connectivity index (χ1) is 7.49. The van der Waals surface area contributed by atoms with Crippen LogP contribution in [0.3, 0.4) is 0 Å². The zero-order valence-corrected chi connectivity index (χ0v) is 8.67. The molecule has 4 nitrogen and oxygen atoms in total. The minimum atomic E-state index is -2.74. The van der Waals surface area contributed by atoms with Gasteiger partial charge in [0.05, 0.1) is 5.69 Å². The molecule has 0 aliphatic rings. The van der Waals surface area contributed by atoms with Gasteiger partial charge in [0.2, 0.25) is 0 Å². The van der Waals surface area contributed by atoms with E-state index in [2.05, 4.69) is 10.1 Å². The van der Waals surface area contributed by atoms with Crippen LogP contribution in [0.1, 0.15) is 0 Å². The van der Waals surface area contributed by atoms with E-state index in [9.17, 15) is 18.7 Å². The molecule has 7 heteroatoms. The molecule has 1 amide bonds. The normalized spacial score (nSPS) is 10.2. The largest absolute Gasteiger partial charge is 0.506 e. The van der Waals surface area contributed by atoms with Crippen LogP contribution < -0.4 is 5.32 Å². The first-order valence-electron chi connectivity index (χ1n) is 4.19. The van der Waals surface area contributed by atoms with E-state index in [4.69, 9.17) is 11.6 Å². The highest BCUT2D eigenvalue weighted by molar-refractivity contribution is 6.31. The molecule has 0 fully saturated rings. The number of alkyl halides is 2. The maximum absolute atomic E-state index is 11.7. The first-order valence-corrected chi connectivity index (χ1v) is 4.57. The number of hydrogen-bond acceptors (Lipinski definition) is 3. The fourth-order valence-corrected chi connectivity index (χ4v) is 1.07. The molecule has 0 aliphatic carbocycles. The third kappa shape index (κ3) is 3.90. The van der Waals surface area contributed by atoms with Crippen molar-refractivity contribution in [2.45, 2.75) is 6.43 Å². The molecule has 1 aromatic carbocycles.